The van der Waals surface area contributed by atoms with Crippen molar-refractivity contribution in [1.29, 1.82) is 5.26 Å². The summed E-state index contributed by atoms with van der Waals surface area (Å²) >= 11 is 3.62. The van der Waals surface area contributed by atoms with Crippen LogP contribution in [0.15, 0.2) is 46.9 Å². The van der Waals surface area contributed by atoms with Gasteiger partial charge in [0.2, 0.25) is 0 Å². The fraction of sp³-hybridized carbons (Fsp3) is 0.435. The first-order chi connectivity index (χ1) is 13.5. The summed E-state index contributed by atoms with van der Waals surface area (Å²) < 4.78 is 19.1. The van der Waals surface area contributed by atoms with Crippen LogP contribution in [0.2, 0.25) is 18.1 Å². The second-order valence-electron chi connectivity index (χ2n) is 8.61. The topological polar surface area (TPSA) is 51.5 Å². The third-order valence-corrected chi connectivity index (χ3v) is 10.9. The average molecular weight is 476 g/mol. The first-order valence-corrected chi connectivity index (χ1v) is 13.3. The molecule has 0 aliphatic carbocycles. The predicted octanol–water partition coefficient (Wildman–Crippen LogP) is 6.45. The van der Waals surface area contributed by atoms with Crippen LogP contribution in [-0.4, -0.2) is 22.5 Å². The van der Waals surface area contributed by atoms with Crippen molar-refractivity contribution in [3.05, 3.63) is 58.1 Å². The number of methoxy groups -OCH3 is 2. The van der Waals surface area contributed by atoms with E-state index in [-0.39, 0.29) is 5.04 Å². The lowest BCUT2D eigenvalue weighted by Crippen LogP contribution is -2.49. The summed E-state index contributed by atoms with van der Waals surface area (Å²) in [7, 11) is 0.869. The Morgan fingerprint density at radius 2 is 1.52 bits per heavy atom. The van der Waals surface area contributed by atoms with Gasteiger partial charge in [-0.05, 0) is 41.9 Å². The van der Waals surface area contributed by atoms with Crippen molar-refractivity contribution in [2.75, 3.05) is 14.2 Å². The summed E-state index contributed by atoms with van der Waals surface area (Å²) in [6, 6.07) is 16.0. The normalized spacial score (nSPS) is 14.0. The van der Waals surface area contributed by atoms with Gasteiger partial charge in [-0.3, -0.25) is 0 Å². The standard InChI is InChI=1S/C23H30BrNO3Si/c1-22(2,3)29(6,7)28-23(16-25,15-17-11-8-9-12-18(17)24)21-19(26-4)13-10-14-20(21)27-5/h8-14H,15H2,1-7H3. The molecule has 2 aromatic rings. The lowest BCUT2D eigenvalue weighted by molar-refractivity contribution is 0.102. The Kier molecular flexibility index (Phi) is 7.21. The molecule has 0 radical (unpaired) electrons. The van der Waals surface area contributed by atoms with Gasteiger partial charge in [0.15, 0.2) is 13.9 Å². The second kappa shape index (κ2) is 8.91. The fourth-order valence-corrected chi connectivity index (χ4v) is 4.86. The Balaban J connectivity index is 2.79. The van der Waals surface area contributed by atoms with Gasteiger partial charge in [-0.1, -0.05) is 61.0 Å². The summed E-state index contributed by atoms with van der Waals surface area (Å²) in [6.07, 6.45) is 0.369. The molecule has 0 aromatic heterocycles. The summed E-state index contributed by atoms with van der Waals surface area (Å²) in [4.78, 5) is 0. The van der Waals surface area contributed by atoms with Gasteiger partial charge < -0.3 is 13.9 Å². The number of nitriles is 1. The molecule has 156 valence electrons. The van der Waals surface area contributed by atoms with E-state index in [2.05, 4.69) is 55.9 Å². The molecule has 2 aromatic carbocycles. The Morgan fingerprint density at radius 1 is 0.966 bits per heavy atom. The molecule has 0 heterocycles. The smallest absolute Gasteiger partial charge is 0.194 e. The van der Waals surface area contributed by atoms with Crippen LogP contribution in [0, 0.1) is 11.3 Å². The molecule has 0 N–H and O–H groups in total. The fourth-order valence-electron chi connectivity index (χ4n) is 3.04. The number of nitrogens with zero attached hydrogens (tertiary/aromatic N) is 1. The van der Waals surface area contributed by atoms with Gasteiger partial charge in [0.1, 0.15) is 17.6 Å². The monoisotopic (exact) mass is 475 g/mol. The lowest BCUT2D eigenvalue weighted by atomic mass is 9.87. The molecule has 0 saturated carbocycles. The van der Waals surface area contributed by atoms with E-state index in [9.17, 15) is 5.26 Å². The number of halogens is 1. The number of hydrogen-bond donors (Lipinski definition) is 0. The molecule has 0 spiro atoms. The maximum atomic E-state index is 10.6. The molecule has 29 heavy (non-hydrogen) atoms. The molecular formula is C23H30BrNO3Si. The highest BCUT2D eigenvalue weighted by Crippen LogP contribution is 2.48. The van der Waals surface area contributed by atoms with Crippen molar-refractivity contribution < 1.29 is 13.9 Å². The van der Waals surface area contributed by atoms with Gasteiger partial charge in [0.25, 0.3) is 0 Å². The Bertz CT molecular complexity index is 879. The Labute approximate surface area is 184 Å². The first kappa shape index (κ1) is 23.5. The third kappa shape index (κ3) is 4.85. The van der Waals surface area contributed by atoms with E-state index >= 15 is 0 Å². The molecule has 0 aliphatic heterocycles. The predicted molar refractivity (Wildman–Crippen MR) is 123 cm³/mol. The second-order valence-corrected chi connectivity index (χ2v) is 14.2. The number of benzene rings is 2. The summed E-state index contributed by atoms with van der Waals surface area (Å²) in [5.41, 5.74) is 0.360. The van der Waals surface area contributed by atoms with Crippen LogP contribution >= 0.6 is 15.9 Å². The summed E-state index contributed by atoms with van der Waals surface area (Å²) in [5.74, 6) is 1.16. The highest BCUT2D eigenvalue weighted by molar-refractivity contribution is 9.10. The van der Waals surface area contributed by atoms with Crippen LogP contribution in [0.3, 0.4) is 0 Å². The van der Waals surface area contributed by atoms with Gasteiger partial charge >= 0.3 is 0 Å². The van der Waals surface area contributed by atoms with Gasteiger partial charge in [-0.2, -0.15) is 5.26 Å². The van der Waals surface area contributed by atoms with E-state index in [4.69, 9.17) is 13.9 Å². The van der Waals surface area contributed by atoms with E-state index in [1.165, 1.54) is 0 Å². The lowest BCUT2D eigenvalue weighted by Gasteiger charge is -2.43. The van der Waals surface area contributed by atoms with Crippen molar-refractivity contribution in [1.82, 2.24) is 0 Å². The molecule has 1 unspecified atom stereocenters. The van der Waals surface area contributed by atoms with E-state index < -0.39 is 13.9 Å². The maximum absolute atomic E-state index is 10.6. The van der Waals surface area contributed by atoms with Crippen LogP contribution in [0.1, 0.15) is 31.9 Å². The zero-order valence-corrected chi connectivity index (χ0v) is 20.9. The minimum atomic E-state index is -2.34. The molecule has 6 heteroatoms. The highest BCUT2D eigenvalue weighted by atomic mass is 79.9. The van der Waals surface area contributed by atoms with Crippen LogP contribution in [0.25, 0.3) is 0 Å². The molecule has 0 fully saturated rings. The van der Waals surface area contributed by atoms with Gasteiger partial charge in [0.05, 0.1) is 19.8 Å². The van der Waals surface area contributed by atoms with Crippen molar-refractivity contribution in [2.24, 2.45) is 0 Å². The minimum absolute atomic E-state index is 0.0712. The molecule has 0 aliphatic rings. The minimum Gasteiger partial charge on any atom is -0.496 e. The van der Waals surface area contributed by atoms with E-state index in [1.807, 2.05) is 42.5 Å². The molecule has 2 rings (SSSR count). The van der Waals surface area contributed by atoms with Crippen LogP contribution < -0.4 is 9.47 Å². The van der Waals surface area contributed by atoms with Crippen LogP contribution in [-0.2, 0) is 16.4 Å². The zero-order valence-electron chi connectivity index (χ0n) is 18.3. The van der Waals surface area contributed by atoms with Crippen molar-refractivity contribution in [3.63, 3.8) is 0 Å². The SMILES string of the molecule is COc1cccc(OC)c1C(C#N)(Cc1ccccc1Br)O[Si](C)(C)C(C)(C)C. The number of ether oxygens (including phenoxy) is 2. The summed E-state index contributed by atoms with van der Waals surface area (Å²) in [6.45, 7) is 10.8. The quantitative estimate of drug-likeness (QED) is 0.431. The van der Waals surface area contributed by atoms with Crippen molar-refractivity contribution in [2.45, 2.75) is 50.9 Å². The molecule has 0 amide bonds. The van der Waals surface area contributed by atoms with Gasteiger partial charge in [-0.25, -0.2) is 0 Å². The third-order valence-electron chi connectivity index (χ3n) is 5.65. The molecule has 4 nitrogen and oxygen atoms in total. The molecule has 1 atom stereocenters. The molecule has 0 bridgehead atoms. The first-order valence-electron chi connectivity index (χ1n) is 9.57. The van der Waals surface area contributed by atoms with Crippen molar-refractivity contribution in [3.8, 4) is 17.6 Å². The van der Waals surface area contributed by atoms with Crippen molar-refractivity contribution >= 4 is 24.2 Å². The van der Waals surface area contributed by atoms with Crippen LogP contribution in [0.5, 0.6) is 11.5 Å². The van der Waals surface area contributed by atoms with Gasteiger partial charge in [-0.15, -0.1) is 0 Å². The number of hydrogen-bond acceptors (Lipinski definition) is 4. The molecular weight excluding hydrogens is 446 g/mol. The number of rotatable bonds is 7. The van der Waals surface area contributed by atoms with Gasteiger partial charge in [0, 0.05) is 10.9 Å². The highest BCUT2D eigenvalue weighted by Gasteiger charge is 2.48. The average Bonchev–Trinajstić information content (AvgIpc) is 2.67. The van der Waals surface area contributed by atoms with E-state index in [0.717, 1.165) is 10.0 Å². The zero-order chi connectivity index (χ0) is 21.9. The maximum Gasteiger partial charge on any atom is 0.194 e. The van der Waals surface area contributed by atoms with Crippen LogP contribution in [0.4, 0.5) is 0 Å². The van der Waals surface area contributed by atoms with E-state index in [0.29, 0.717) is 23.5 Å². The van der Waals surface area contributed by atoms with E-state index in [1.54, 1.807) is 14.2 Å². The largest absolute Gasteiger partial charge is 0.496 e. The Morgan fingerprint density at radius 3 is 1.97 bits per heavy atom. The summed E-state index contributed by atoms with van der Waals surface area (Å²) in [5, 5.41) is 10.5. The Hall–Kier alpha value is -1.81. The molecule has 0 saturated heterocycles.